The van der Waals surface area contributed by atoms with Gasteiger partial charge in [-0.25, -0.2) is 0 Å². The van der Waals surface area contributed by atoms with Crippen LogP contribution in [0.3, 0.4) is 0 Å². The Balaban J connectivity index is 1.83. The van der Waals surface area contributed by atoms with Crippen LogP contribution >= 0.6 is 0 Å². The van der Waals surface area contributed by atoms with Gasteiger partial charge in [0.25, 0.3) is 0 Å². The summed E-state index contributed by atoms with van der Waals surface area (Å²) < 4.78 is 6.96. The highest BCUT2D eigenvalue weighted by Crippen LogP contribution is 2.58. The zero-order valence-electron chi connectivity index (χ0n) is 22.5. The summed E-state index contributed by atoms with van der Waals surface area (Å²) in [5, 5.41) is 9.22. The molecular formula is C28H43N3O5. The molecule has 5 atom stereocenters. The van der Waals surface area contributed by atoms with Crippen LogP contribution < -0.4 is 0 Å². The lowest BCUT2D eigenvalue weighted by Gasteiger charge is -2.41. The Hall–Kier alpha value is -2.19. The van der Waals surface area contributed by atoms with Gasteiger partial charge in [-0.15, -0.1) is 0 Å². The molecule has 4 heterocycles. The van der Waals surface area contributed by atoms with Crippen molar-refractivity contribution in [3.05, 3.63) is 24.3 Å². The Labute approximate surface area is 215 Å². The van der Waals surface area contributed by atoms with Crippen LogP contribution in [0.15, 0.2) is 24.3 Å². The van der Waals surface area contributed by atoms with Gasteiger partial charge in [-0.1, -0.05) is 38.2 Å². The number of amides is 3. The summed E-state index contributed by atoms with van der Waals surface area (Å²) in [6.07, 6.45) is 11.3. The molecule has 1 N–H and O–H groups in total. The average molecular weight is 502 g/mol. The van der Waals surface area contributed by atoms with E-state index in [1.165, 1.54) is 0 Å². The van der Waals surface area contributed by atoms with Crippen LogP contribution in [-0.4, -0.2) is 93.1 Å². The molecule has 0 aliphatic carbocycles. The third-order valence-electron chi connectivity index (χ3n) is 8.38. The van der Waals surface area contributed by atoms with Crippen molar-refractivity contribution < 1.29 is 24.2 Å². The molecule has 1 unspecified atom stereocenters. The van der Waals surface area contributed by atoms with E-state index in [4.69, 9.17) is 4.74 Å². The van der Waals surface area contributed by atoms with Gasteiger partial charge < -0.3 is 24.5 Å². The Morgan fingerprint density at radius 1 is 0.944 bits per heavy atom. The molecule has 4 aliphatic rings. The second-order valence-corrected chi connectivity index (χ2v) is 11.6. The standard InChI is InChI=1S/C28H43N3O5/c1-6-15-29-16-11-13-27(7-2)20(23(29)33)21-24(34)30(17-9-8-10-19-32)22-25(35)31(26(3,4)5)18-12-14-28(21,22)36-27/h11-14,20-22,32H,6-10,15-19H2,1-5H3/t20-,21-,22?,27+,28-/m0/s1. The third kappa shape index (κ3) is 4.10. The number of fused-ring (bicyclic) bond motifs is 2. The van der Waals surface area contributed by atoms with E-state index in [-0.39, 0.29) is 24.3 Å². The smallest absolute Gasteiger partial charge is 0.249 e. The number of hydrogen-bond acceptors (Lipinski definition) is 5. The first-order valence-corrected chi connectivity index (χ1v) is 13.6. The van der Waals surface area contributed by atoms with Gasteiger partial charge in [0.15, 0.2) is 0 Å². The number of unbranched alkanes of at least 4 members (excludes halogenated alkanes) is 2. The van der Waals surface area contributed by atoms with E-state index in [0.29, 0.717) is 45.4 Å². The lowest BCUT2D eigenvalue weighted by molar-refractivity contribution is -0.156. The van der Waals surface area contributed by atoms with Gasteiger partial charge in [-0.05, 0) is 52.9 Å². The van der Waals surface area contributed by atoms with Crippen molar-refractivity contribution in [1.82, 2.24) is 14.7 Å². The molecule has 200 valence electrons. The molecule has 0 aromatic rings. The molecule has 8 nitrogen and oxygen atoms in total. The van der Waals surface area contributed by atoms with Crippen LogP contribution in [0, 0.1) is 11.8 Å². The quantitative estimate of drug-likeness (QED) is 0.408. The SMILES string of the molecule is CCCN1CC=C[C@@]2(CC)O[C@]34C=CCN(C(C)(C)C)C(=O)C3N(CCCCCO)C(=O)[C@@H]4[C@H]2C1=O. The van der Waals surface area contributed by atoms with Gasteiger partial charge in [0, 0.05) is 38.3 Å². The largest absolute Gasteiger partial charge is 0.396 e. The van der Waals surface area contributed by atoms with Gasteiger partial charge in [0.1, 0.15) is 11.6 Å². The van der Waals surface area contributed by atoms with Crippen LogP contribution in [0.4, 0.5) is 0 Å². The zero-order valence-corrected chi connectivity index (χ0v) is 22.5. The van der Waals surface area contributed by atoms with Crippen molar-refractivity contribution in [1.29, 1.82) is 0 Å². The summed E-state index contributed by atoms with van der Waals surface area (Å²) in [6.45, 7) is 12.1. The Bertz CT molecular complexity index is 940. The highest BCUT2D eigenvalue weighted by atomic mass is 16.5. The van der Waals surface area contributed by atoms with Gasteiger partial charge >= 0.3 is 0 Å². The topological polar surface area (TPSA) is 90.4 Å². The molecular weight excluding hydrogens is 458 g/mol. The molecule has 0 radical (unpaired) electrons. The monoisotopic (exact) mass is 501 g/mol. The molecule has 0 bridgehead atoms. The van der Waals surface area contributed by atoms with Crippen molar-refractivity contribution >= 4 is 17.7 Å². The normalized spacial score (nSPS) is 34.1. The highest BCUT2D eigenvalue weighted by Gasteiger charge is 2.75. The maximum atomic E-state index is 14.3. The molecule has 36 heavy (non-hydrogen) atoms. The lowest BCUT2D eigenvalue weighted by atomic mass is 9.73. The van der Waals surface area contributed by atoms with Crippen LogP contribution in [0.25, 0.3) is 0 Å². The average Bonchev–Trinajstić information content (AvgIpc) is 3.10. The summed E-state index contributed by atoms with van der Waals surface area (Å²) in [5.74, 6) is -1.79. The van der Waals surface area contributed by atoms with Gasteiger partial charge in [-0.3, -0.25) is 14.4 Å². The van der Waals surface area contributed by atoms with Crippen molar-refractivity contribution in [3.8, 4) is 0 Å². The number of likely N-dealkylation sites (tertiary alicyclic amines) is 1. The highest BCUT2D eigenvalue weighted by molar-refractivity contribution is 6.00. The number of rotatable bonds is 8. The fourth-order valence-electron chi connectivity index (χ4n) is 6.70. The zero-order chi connectivity index (χ0) is 26.3. The number of hydrogen-bond donors (Lipinski definition) is 1. The first-order valence-electron chi connectivity index (χ1n) is 13.6. The van der Waals surface area contributed by atoms with Crippen molar-refractivity contribution in [3.63, 3.8) is 0 Å². The predicted octanol–water partition coefficient (Wildman–Crippen LogP) is 2.52. The van der Waals surface area contributed by atoms with E-state index < -0.39 is 34.6 Å². The predicted molar refractivity (Wildman–Crippen MR) is 137 cm³/mol. The van der Waals surface area contributed by atoms with Gasteiger partial charge in [0.2, 0.25) is 17.7 Å². The van der Waals surface area contributed by atoms with E-state index in [2.05, 4.69) is 0 Å². The maximum absolute atomic E-state index is 14.3. The van der Waals surface area contributed by atoms with Crippen LogP contribution in [0.5, 0.6) is 0 Å². The first kappa shape index (κ1) is 26.9. The van der Waals surface area contributed by atoms with Gasteiger partial charge in [-0.2, -0.15) is 0 Å². The fraction of sp³-hybridized carbons (Fsp3) is 0.750. The van der Waals surface area contributed by atoms with Crippen molar-refractivity contribution in [2.75, 3.05) is 32.8 Å². The van der Waals surface area contributed by atoms with Crippen LogP contribution in [0.1, 0.15) is 66.7 Å². The molecule has 0 aromatic carbocycles. The summed E-state index contributed by atoms with van der Waals surface area (Å²) in [4.78, 5) is 47.8. The number of ether oxygens (including phenoxy) is 1. The molecule has 3 amide bonds. The Morgan fingerprint density at radius 3 is 2.31 bits per heavy atom. The molecule has 1 spiro atoms. The molecule has 2 fully saturated rings. The van der Waals surface area contributed by atoms with E-state index in [0.717, 1.165) is 12.8 Å². The number of nitrogens with zero attached hydrogens (tertiary/aromatic N) is 3. The van der Waals surface area contributed by atoms with Crippen LogP contribution in [0.2, 0.25) is 0 Å². The second-order valence-electron chi connectivity index (χ2n) is 11.6. The van der Waals surface area contributed by atoms with E-state index >= 15 is 0 Å². The molecule has 4 rings (SSSR count). The summed E-state index contributed by atoms with van der Waals surface area (Å²) >= 11 is 0. The maximum Gasteiger partial charge on any atom is 0.249 e. The third-order valence-corrected chi connectivity index (χ3v) is 8.38. The van der Waals surface area contributed by atoms with Crippen LogP contribution in [-0.2, 0) is 19.1 Å². The molecule has 2 saturated heterocycles. The summed E-state index contributed by atoms with van der Waals surface area (Å²) in [7, 11) is 0. The lowest BCUT2D eigenvalue weighted by Crippen LogP contribution is -2.59. The Morgan fingerprint density at radius 2 is 1.67 bits per heavy atom. The first-order chi connectivity index (χ1) is 17.1. The number of carbonyl (C=O) groups excluding carboxylic acids is 3. The molecule has 8 heteroatoms. The molecule has 0 aromatic heterocycles. The minimum atomic E-state index is -1.19. The van der Waals surface area contributed by atoms with E-state index in [1.54, 1.807) is 4.90 Å². The van der Waals surface area contributed by atoms with E-state index in [9.17, 15) is 19.5 Å². The number of carbonyl (C=O) groups is 3. The van der Waals surface area contributed by atoms with Gasteiger partial charge in [0.05, 0.1) is 17.4 Å². The van der Waals surface area contributed by atoms with Crippen molar-refractivity contribution in [2.24, 2.45) is 11.8 Å². The molecule has 4 aliphatic heterocycles. The second kappa shape index (κ2) is 9.93. The minimum Gasteiger partial charge on any atom is -0.396 e. The minimum absolute atomic E-state index is 0.0578. The van der Waals surface area contributed by atoms with E-state index in [1.807, 2.05) is 68.7 Å². The number of aliphatic hydroxyl groups excluding tert-OH is 1. The molecule has 0 saturated carbocycles. The number of aliphatic hydroxyl groups is 1. The Kier molecular flexibility index (Phi) is 7.41. The summed E-state index contributed by atoms with van der Waals surface area (Å²) in [6, 6.07) is -0.821. The van der Waals surface area contributed by atoms with Crippen molar-refractivity contribution in [2.45, 2.75) is 89.5 Å². The fourth-order valence-corrected chi connectivity index (χ4v) is 6.70. The summed E-state index contributed by atoms with van der Waals surface area (Å²) in [5.41, 5.74) is -2.56.